The molecular formula is C22H24N2O7. The number of carbonyl (C=O) groups is 2. The zero-order valence-electron chi connectivity index (χ0n) is 17.6. The van der Waals surface area contributed by atoms with Crippen LogP contribution in [0, 0.1) is 12.8 Å². The molecule has 1 fully saturated rings. The molecule has 9 nitrogen and oxygen atoms in total. The molecule has 2 aromatic heterocycles. The van der Waals surface area contributed by atoms with Gasteiger partial charge in [-0.3, -0.25) is 4.79 Å². The van der Waals surface area contributed by atoms with Gasteiger partial charge in [0.25, 0.3) is 5.91 Å². The Bertz CT molecular complexity index is 1090. The van der Waals surface area contributed by atoms with Crippen LogP contribution < -0.4 is 11.1 Å². The lowest BCUT2D eigenvalue weighted by Crippen LogP contribution is -2.27. The van der Waals surface area contributed by atoms with Crippen LogP contribution in [0.3, 0.4) is 0 Å². The molecule has 31 heavy (non-hydrogen) atoms. The van der Waals surface area contributed by atoms with Gasteiger partial charge >= 0.3 is 11.8 Å². The molecule has 0 unspecified atom stereocenters. The average molecular weight is 428 g/mol. The third-order valence-electron chi connectivity index (χ3n) is 4.80. The van der Waals surface area contributed by atoms with Crippen LogP contribution in [0.5, 0.6) is 0 Å². The fraction of sp³-hybridized carbons (Fsp3) is 0.364. The highest BCUT2D eigenvalue weighted by atomic mass is 16.6. The summed E-state index contributed by atoms with van der Waals surface area (Å²) in [6.45, 7) is 7.28. The summed E-state index contributed by atoms with van der Waals surface area (Å²) in [6, 6.07) is 3.16. The standard InChI is InChI=1S/C22H24N2O7/c1-12(9-13(2)28-4)16-7-8-17(20(25)23-10-15-5-6-15)24-19(16)21(26)29-11-18-14(3)30-22(27)31-18/h7-9,15H,2,5-6,10-11H2,1,3-4H3,(H,23,25)/b12-9+. The molecule has 0 aromatic carbocycles. The van der Waals surface area contributed by atoms with E-state index >= 15 is 0 Å². The van der Waals surface area contributed by atoms with Crippen LogP contribution in [0.2, 0.25) is 0 Å². The van der Waals surface area contributed by atoms with Crippen LogP contribution in [0.15, 0.2) is 44.2 Å². The number of amides is 1. The fourth-order valence-corrected chi connectivity index (χ4v) is 2.79. The number of nitrogens with one attached hydrogen (secondary N) is 1. The normalized spacial score (nSPS) is 13.6. The Labute approximate surface area is 178 Å². The predicted molar refractivity (Wildman–Crippen MR) is 110 cm³/mol. The third kappa shape index (κ3) is 5.71. The van der Waals surface area contributed by atoms with Crippen molar-refractivity contribution >= 4 is 17.4 Å². The van der Waals surface area contributed by atoms with Crippen molar-refractivity contribution in [2.75, 3.05) is 13.7 Å². The van der Waals surface area contributed by atoms with Gasteiger partial charge < -0.3 is 23.6 Å². The lowest BCUT2D eigenvalue weighted by molar-refractivity contribution is 0.0435. The van der Waals surface area contributed by atoms with E-state index in [1.54, 1.807) is 25.1 Å². The average Bonchev–Trinajstić information content (AvgIpc) is 3.52. The number of pyridine rings is 1. The van der Waals surface area contributed by atoms with Crippen LogP contribution in [0.1, 0.15) is 57.8 Å². The summed E-state index contributed by atoms with van der Waals surface area (Å²) < 4.78 is 19.9. The Morgan fingerprint density at radius 2 is 2.06 bits per heavy atom. The van der Waals surface area contributed by atoms with Crippen molar-refractivity contribution in [3.63, 3.8) is 0 Å². The highest BCUT2D eigenvalue weighted by Gasteiger charge is 2.24. The minimum Gasteiger partial charge on any atom is -0.497 e. The molecule has 0 radical (unpaired) electrons. The number of aromatic nitrogens is 1. The van der Waals surface area contributed by atoms with Crippen molar-refractivity contribution in [2.45, 2.75) is 33.3 Å². The number of esters is 1. The highest BCUT2D eigenvalue weighted by Crippen LogP contribution is 2.27. The minimum atomic E-state index is -0.881. The molecule has 0 bridgehead atoms. The van der Waals surface area contributed by atoms with Crippen molar-refractivity contribution in [3.05, 3.63) is 69.6 Å². The van der Waals surface area contributed by atoms with Gasteiger partial charge in [0.05, 0.1) is 7.11 Å². The zero-order valence-corrected chi connectivity index (χ0v) is 17.6. The van der Waals surface area contributed by atoms with Crippen LogP contribution >= 0.6 is 0 Å². The molecule has 3 rings (SSSR count). The summed E-state index contributed by atoms with van der Waals surface area (Å²) in [4.78, 5) is 40.7. The lowest BCUT2D eigenvalue weighted by atomic mass is 10.0. The molecule has 0 saturated heterocycles. The molecule has 1 N–H and O–H groups in total. The monoisotopic (exact) mass is 428 g/mol. The first-order valence-electron chi connectivity index (χ1n) is 9.75. The summed E-state index contributed by atoms with van der Waals surface area (Å²) in [6.07, 6.45) is 3.84. The van der Waals surface area contributed by atoms with Gasteiger partial charge in [-0.05, 0) is 56.4 Å². The minimum absolute atomic E-state index is 0.0554. The number of ether oxygens (including phenoxy) is 2. The Balaban J connectivity index is 1.87. The van der Waals surface area contributed by atoms with Gasteiger partial charge in [0, 0.05) is 12.1 Å². The van der Waals surface area contributed by atoms with E-state index in [2.05, 4.69) is 16.9 Å². The van der Waals surface area contributed by atoms with E-state index in [1.807, 2.05) is 0 Å². The maximum Gasteiger partial charge on any atom is 0.519 e. The predicted octanol–water partition coefficient (Wildman–Crippen LogP) is 3.00. The highest BCUT2D eigenvalue weighted by molar-refractivity contribution is 5.97. The molecule has 0 atom stereocenters. The number of methoxy groups -OCH3 is 1. The summed E-state index contributed by atoms with van der Waals surface area (Å²) in [5.74, 6) is -0.832. The molecule has 2 aromatic rings. The van der Waals surface area contributed by atoms with Crippen molar-refractivity contribution in [3.8, 4) is 0 Å². The number of allylic oxidation sites excluding steroid dienone is 2. The van der Waals surface area contributed by atoms with E-state index in [0.29, 0.717) is 29.4 Å². The van der Waals surface area contributed by atoms with Gasteiger partial charge in [-0.15, -0.1) is 0 Å². The van der Waals surface area contributed by atoms with Crippen molar-refractivity contribution in [2.24, 2.45) is 5.92 Å². The maximum atomic E-state index is 12.8. The number of nitrogens with zero attached hydrogens (tertiary/aromatic N) is 1. The molecule has 1 aliphatic carbocycles. The van der Waals surface area contributed by atoms with Crippen LogP contribution in [0.25, 0.3) is 5.57 Å². The van der Waals surface area contributed by atoms with E-state index < -0.39 is 11.8 Å². The second-order valence-electron chi connectivity index (χ2n) is 7.25. The second-order valence-corrected chi connectivity index (χ2v) is 7.25. The third-order valence-corrected chi connectivity index (χ3v) is 4.80. The second kappa shape index (κ2) is 9.46. The Kier molecular flexibility index (Phi) is 6.74. The largest absolute Gasteiger partial charge is 0.519 e. The zero-order chi connectivity index (χ0) is 22.5. The summed E-state index contributed by atoms with van der Waals surface area (Å²) >= 11 is 0. The lowest BCUT2D eigenvalue weighted by Gasteiger charge is -2.12. The maximum absolute atomic E-state index is 12.8. The Morgan fingerprint density at radius 1 is 1.32 bits per heavy atom. The van der Waals surface area contributed by atoms with Gasteiger partial charge in [-0.1, -0.05) is 6.58 Å². The molecule has 2 heterocycles. The number of rotatable bonds is 9. The van der Waals surface area contributed by atoms with Gasteiger partial charge in [-0.25, -0.2) is 14.6 Å². The van der Waals surface area contributed by atoms with E-state index in [1.165, 1.54) is 14.0 Å². The fourth-order valence-electron chi connectivity index (χ4n) is 2.79. The first kappa shape index (κ1) is 22.1. The van der Waals surface area contributed by atoms with Crippen molar-refractivity contribution < 1.29 is 27.9 Å². The molecule has 1 aliphatic rings. The number of hydrogen-bond donors (Lipinski definition) is 1. The van der Waals surface area contributed by atoms with Crippen LogP contribution in [-0.4, -0.2) is 30.5 Å². The smallest absolute Gasteiger partial charge is 0.497 e. The van der Waals surface area contributed by atoms with E-state index in [9.17, 15) is 14.4 Å². The van der Waals surface area contributed by atoms with Crippen molar-refractivity contribution in [1.29, 1.82) is 0 Å². The van der Waals surface area contributed by atoms with Gasteiger partial charge in [0.1, 0.15) is 11.5 Å². The van der Waals surface area contributed by atoms with E-state index in [4.69, 9.17) is 18.3 Å². The Hall–Kier alpha value is -3.62. The molecule has 1 saturated carbocycles. The Morgan fingerprint density at radius 3 is 2.68 bits per heavy atom. The SMILES string of the molecule is C=C(/C=C(\C)c1ccc(C(=O)NCC2CC2)nc1C(=O)OCc1oc(=O)oc1C)OC. The molecule has 1 amide bonds. The van der Waals surface area contributed by atoms with Gasteiger partial charge in [0.2, 0.25) is 0 Å². The van der Waals surface area contributed by atoms with Crippen LogP contribution in [0.4, 0.5) is 0 Å². The first-order chi connectivity index (χ1) is 14.8. The molecule has 9 heteroatoms. The molecule has 0 spiro atoms. The summed E-state index contributed by atoms with van der Waals surface area (Å²) in [5, 5.41) is 2.82. The van der Waals surface area contributed by atoms with E-state index in [-0.39, 0.29) is 35.4 Å². The molecular weight excluding hydrogens is 404 g/mol. The topological polar surface area (TPSA) is 121 Å². The van der Waals surface area contributed by atoms with Crippen molar-refractivity contribution in [1.82, 2.24) is 10.3 Å². The van der Waals surface area contributed by atoms with Crippen LogP contribution in [-0.2, 0) is 16.1 Å². The van der Waals surface area contributed by atoms with Gasteiger partial charge in [-0.2, -0.15) is 0 Å². The molecule has 164 valence electrons. The first-order valence-corrected chi connectivity index (χ1v) is 9.75. The number of hydrogen-bond acceptors (Lipinski definition) is 8. The van der Waals surface area contributed by atoms with Gasteiger partial charge in [0.15, 0.2) is 23.8 Å². The molecule has 0 aliphatic heterocycles. The number of carbonyl (C=O) groups excluding carboxylic acids is 2. The van der Waals surface area contributed by atoms with E-state index in [0.717, 1.165) is 12.8 Å². The summed E-state index contributed by atoms with van der Waals surface area (Å²) in [5.41, 5.74) is 1.13. The quantitative estimate of drug-likeness (QED) is 0.368. The number of aryl methyl sites for hydroxylation is 1. The summed E-state index contributed by atoms with van der Waals surface area (Å²) in [7, 11) is 1.48.